The minimum absolute atomic E-state index is 0.0784. The predicted octanol–water partition coefficient (Wildman–Crippen LogP) is 2.01. The van der Waals surface area contributed by atoms with Crippen molar-refractivity contribution in [3.63, 3.8) is 0 Å². The molecule has 0 saturated carbocycles. The molecule has 0 bridgehead atoms. The Morgan fingerprint density at radius 3 is 2.60 bits per heavy atom. The minimum Gasteiger partial charge on any atom is -0.477 e. The van der Waals surface area contributed by atoms with Crippen LogP contribution < -0.4 is 5.32 Å². The summed E-state index contributed by atoms with van der Waals surface area (Å²) in [6.45, 7) is 0.461. The summed E-state index contributed by atoms with van der Waals surface area (Å²) in [5, 5.41) is 30.8. The van der Waals surface area contributed by atoms with E-state index in [4.69, 9.17) is 10.2 Å². The highest BCUT2D eigenvalue weighted by atomic mass is 19.1. The van der Waals surface area contributed by atoms with Gasteiger partial charge in [-0.1, -0.05) is 0 Å². The van der Waals surface area contributed by atoms with Crippen LogP contribution in [0.25, 0.3) is 0 Å². The second kappa shape index (κ2) is 7.39. The van der Waals surface area contributed by atoms with Crippen molar-refractivity contribution in [1.82, 2.24) is 0 Å². The summed E-state index contributed by atoms with van der Waals surface area (Å²) in [6.07, 6.45) is 2.04. The van der Waals surface area contributed by atoms with Crippen molar-refractivity contribution in [2.75, 3.05) is 18.5 Å². The maximum atomic E-state index is 13.6. The molecule has 0 aromatic heterocycles. The monoisotopic (exact) mass is 286 g/mol. The summed E-state index contributed by atoms with van der Waals surface area (Å²) >= 11 is 0. The lowest BCUT2D eigenvalue weighted by molar-refractivity contribution is -0.385. The molecule has 0 saturated heterocycles. The number of nitro benzene ring substituents is 1. The van der Waals surface area contributed by atoms with E-state index in [0.29, 0.717) is 25.5 Å². The molecule has 20 heavy (non-hydrogen) atoms. The molecule has 0 unspecified atom stereocenters. The number of carboxylic acids is 1. The molecular weight excluding hydrogens is 271 g/mol. The Morgan fingerprint density at radius 1 is 1.35 bits per heavy atom. The zero-order chi connectivity index (χ0) is 15.1. The topological polar surface area (TPSA) is 113 Å². The summed E-state index contributed by atoms with van der Waals surface area (Å²) in [6, 6.07) is 1.52. The number of nitrogens with one attached hydrogen (secondary N) is 1. The van der Waals surface area contributed by atoms with Crippen molar-refractivity contribution in [2.45, 2.75) is 19.3 Å². The number of halogens is 1. The average Bonchev–Trinajstić information content (AvgIpc) is 2.39. The summed E-state index contributed by atoms with van der Waals surface area (Å²) in [5.41, 5.74) is -1.42. The van der Waals surface area contributed by atoms with Crippen LogP contribution >= 0.6 is 0 Å². The number of aliphatic hydroxyl groups is 1. The summed E-state index contributed by atoms with van der Waals surface area (Å²) in [7, 11) is 0. The zero-order valence-corrected chi connectivity index (χ0v) is 10.6. The van der Waals surface area contributed by atoms with Crippen LogP contribution in [0.15, 0.2) is 12.1 Å². The number of anilines is 1. The van der Waals surface area contributed by atoms with Gasteiger partial charge in [0.15, 0.2) is 5.82 Å². The number of hydrogen-bond donors (Lipinski definition) is 3. The fourth-order valence-corrected chi connectivity index (χ4v) is 1.66. The van der Waals surface area contributed by atoms with Gasteiger partial charge in [-0.2, -0.15) is 0 Å². The Hall–Kier alpha value is -2.22. The van der Waals surface area contributed by atoms with Crippen LogP contribution in [0.4, 0.5) is 15.8 Å². The molecular formula is C12H15FN2O5. The van der Waals surface area contributed by atoms with Crippen molar-refractivity contribution in [1.29, 1.82) is 0 Å². The normalized spacial score (nSPS) is 10.3. The highest BCUT2D eigenvalue weighted by Crippen LogP contribution is 2.26. The molecule has 0 spiro atoms. The van der Waals surface area contributed by atoms with Crippen LogP contribution in [0.5, 0.6) is 0 Å². The first kappa shape index (κ1) is 15.8. The molecule has 0 atom stereocenters. The van der Waals surface area contributed by atoms with Crippen LogP contribution in [-0.4, -0.2) is 34.3 Å². The van der Waals surface area contributed by atoms with Crippen LogP contribution in [-0.2, 0) is 0 Å². The lowest BCUT2D eigenvalue weighted by Gasteiger charge is -2.08. The lowest BCUT2D eigenvalue weighted by Crippen LogP contribution is -2.08. The number of aliphatic hydroxyl groups excluding tert-OH is 1. The van der Waals surface area contributed by atoms with Gasteiger partial charge in [-0.25, -0.2) is 9.18 Å². The van der Waals surface area contributed by atoms with Gasteiger partial charge in [0.1, 0.15) is 5.56 Å². The number of carbonyl (C=O) groups is 1. The Morgan fingerprint density at radius 2 is 2.05 bits per heavy atom. The molecule has 0 radical (unpaired) electrons. The molecule has 8 heteroatoms. The summed E-state index contributed by atoms with van der Waals surface area (Å²) < 4.78 is 13.6. The summed E-state index contributed by atoms with van der Waals surface area (Å²) in [4.78, 5) is 20.6. The molecule has 0 heterocycles. The van der Waals surface area contributed by atoms with E-state index in [-0.39, 0.29) is 12.3 Å². The van der Waals surface area contributed by atoms with Gasteiger partial charge in [0.25, 0.3) is 5.69 Å². The van der Waals surface area contributed by atoms with Gasteiger partial charge < -0.3 is 15.5 Å². The number of hydrogen-bond acceptors (Lipinski definition) is 5. The molecule has 1 aromatic carbocycles. The standard InChI is InChI=1S/C12H15FN2O5/c13-9-7-11(15(19)20)8(12(17)18)6-10(9)14-4-2-1-3-5-16/h6-7,14,16H,1-5H2,(H,17,18). The van der Waals surface area contributed by atoms with E-state index in [9.17, 15) is 19.3 Å². The largest absolute Gasteiger partial charge is 0.477 e. The van der Waals surface area contributed by atoms with Crippen LogP contribution in [0.3, 0.4) is 0 Å². The first-order valence-corrected chi connectivity index (χ1v) is 6.03. The highest BCUT2D eigenvalue weighted by molar-refractivity contribution is 5.93. The van der Waals surface area contributed by atoms with Gasteiger partial charge in [-0.3, -0.25) is 10.1 Å². The van der Waals surface area contributed by atoms with E-state index in [1.807, 2.05) is 0 Å². The van der Waals surface area contributed by atoms with Gasteiger partial charge in [0, 0.05) is 13.2 Å². The molecule has 110 valence electrons. The van der Waals surface area contributed by atoms with Crippen molar-refractivity contribution >= 4 is 17.3 Å². The maximum Gasteiger partial charge on any atom is 0.342 e. The molecule has 0 aliphatic rings. The SMILES string of the molecule is O=C(O)c1cc(NCCCCCO)c(F)cc1[N+](=O)[O-]. The van der Waals surface area contributed by atoms with Gasteiger partial charge in [0.2, 0.25) is 0 Å². The van der Waals surface area contributed by atoms with Crippen LogP contribution in [0.1, 0.15) is 29.6 Å². The fourth-order valence-electron chi connectivity index (χ4n) is 1.66. The van der Waals surface area contributed by atoms with E-state index in [1.54, 1.807) is 0 Å². The second-order valence-corrected chi connectivity index (χ2v) is 4.12. The third-order valence-corrected chi connectivity index (χ3v) is 2.66. The van der Waals surface area contributed by atoms with Crippen LogP contribution in [0, 0.1) is 15.9 Å². The van der Waals surface area contributed by atoms with E-state index < -0.39 is 28.0 Å². The van der Waals surface area contributed by atoms with Crippen molar-refractivity contribution in [2.24, 2.45) is 0 Å². The van der Waals surface area contributed by atoms with E-state index in [2.05, 4.69) is 5.32 Å². The number of aromatic carboxylic acids is 1. The second-order valence-electron chi connectivity index (χ2n) is 4.12. The number of rotatable bonds is 8. The first-order valence-electron chi connectivity index (χ1n) is 6.03. The van der Waals surface area contributed by atoms with Gasteiger partial charge in [-0.15, -0.1) is 0 Å². The molecule has 7 nitrogen and oxygen atoms in total. The highest BCUT2D eigenvalue weighted by Gasteiger charge is 2.23. The molecule has 0 fully saturated rings. The van der Waals surface area contributed by atoms with E-state index in [0.717, 1.165) is 12.5 Å². The summed E-state index contributed by atoms with van der Waals surface area (Å²) in [5.74, 6) is -2.36. The maximum absolute atomic E-state index is 13.6. The van der Waals surface area contributed by atoms with E-state index in [1.165, 1.54) is 0 Å². The van der Waals surface area contributed by atoms with Crippen LogP contribution in [0.2, 0.25) is 0 Å². The van der Waals surface area contributed by atoms with Crippen molar-refractivity contribution in [3.8, 4) is 0 Å². The Bertz CT molecular complexity index is 507. The smallest absolute Gasteiger partial charge is 0.342 e. The number of benzene rings is 1. The molecule has 0 amide bonds. The van der Waals surface area contributed by atoms with E-state index >= 15 is 0 Å². The third kappa shape index (κ3) is 4.16. The quantitative estimate of drug-likeness (QED) is 0.383. The molecule has 0 aliphatic heterocycles. The number of unbranched alkanes of at least 4 members (excludes halogenated alkanes) is 2. The van der Waals surface area contributed by atoms with Crippen molar-refractivity contribution < 1.29 is 24.3 Å². The van der Waals surface area contributed by atoms with Gasteiger partial charge >= 0.3 is 5.97 Å². The number of nitrogens with zero attached hydrogens (tertiary/aromatic N) is 1. The number of nitro groups is 1. The van der Waals surface area contributed by atoms with Gasteiger partial charge in [-0.05, 0) is 25.3 Å². The lowest BCUT2D eigenvalue weighted by atomic mass is 10.1. The molecule has 3 N–H and O–H groups in total. The number of carboxylic acid groups (broad SMARTS) is 1. The molecule has 1 rings (SSSR count). The Kier molecular flexibility index (Phi) is 5.85. The zero-order valence-electron chi connectivity index (χ0n) is 10.6. The molecule has 1 aromatic rings. The Balaban J connectivity index is 2.84. The third-order valence-electron chi connectivity index (χ3n) is 2.66. The van der Waals surface area contributed by atoms with Crippen molar-refractivity contribution in [3.05, 3.63) is 33.6 Å². The fraction of sp³-hybridized carbons (Fsp3) is 0.417. The first-order chi connectivity index (χ1) is 9.47. The predicted molar refractivity (Wildman–Crippen MR) is 69.4 cm³/mol. The minimum atomic E-state index is -1.49. The molecule has 0 aliphatic carbocycles. The Labute approximate surface area is 114 Å². The van der Waals surface area contributed by atoms with Gasteiger partial charge in [0.05, 0.1) is 16.7 Å². The average molecular weight is 286 g/mol.